The summed E-state index contributed by atoms with van der Waals surface area (Å²) in [6.07, 6.45) is 1.67. The molecule has 0 aliphatic heterocycles. The largest absolute Gasteiger partial charge is 0.632 e. The number of rotatable bonds is 4. The molecule has 0 amide bonds. The lowest BCUT2D eigenvalue weighted by Crippen LogP contribution is -2.50. The van der Waals surface area contributed by atoms with Gasteiger partial charge in [-0.25, -0.2) is 0 Å². The zero-order valence-corrected chi connectivity index (χ0v) is 6.92. The molecule has 3 nitrogen and oxygen atoms in total. The predicted molar refractivity (Wildman–Crippen MR) is 43.1 cm³/mol. The van der Waals surface area contributed by atoms with Gasteiger partial charge in [0.1, 0.15) is 6.17 Å². The molecule has 1 N–H and O–H groups in total. The maximum absolute atomic E-state index is 11.2. The van der Waals surface area contributed by atoms with Crippen molar-refractivity contribution in [3.63, 3.8) is 0 Å². The molecular formula is C7H16N2O. The van der Waals surface area contributed by atoms with Crippen LogP contribution in [0, 0.1) is 5.21 Å². The molecule has 0 bridgehead atoms. The molecule has 0 aliphatic rings. The summed E-state index contributed by atoms with van der Waals surface area (Å²) in [6, 6.07) is 0. The molecule has 0 aromatic carbocycles. The molecule has 0 heterocycles. The van der Waals surface area contributed by atoms with Crippen LogP contribution in [-0.4, -0.2) is 31.5 Å². The highest BCUT2D eigenvalue weighted by Crippen LogP contribution is 1.98. The van der Waals surface area contributed by atoms with E-state index in [0.717, 1.165) is 0 Å². The van der Waals surface area contributed by atoms with Crippen LogP contribution in [0.3, 0.4) is 0 Å². The van der Waals surface area contributed by atoms with Gasteiger partial charge in [-0.1, -0.05) is 6.08 Å². The van der Waals surface area contributed by atoms with E-state index in [4.69, 9.17) is 0 Å². The highest BCUT2D eigenvalue weighted by molar-refractivity contribution is 4.70. The van der Waals surface area contributed by atoms with Crippen molar-refractivity contribution in [2.75, 3.05) is 20.6 Å². The molecule has 0 aliphatic carbocycles. The van der Waals surface area contributed by atoms with E-state index in [-0.39, 0.29) is 10.8 Å². The first-order chi connectivity index (χ1) is 4.48. The molecule has 0 radical (unpaired) electrons. The molecule has 10 heavy (non-hydrogen) atoms. The summed E-state index contributed by atoms with van der Waals surface area (Å²) in [5, 5.41) is 14.2. The zero-order chi connectivity index (χ0) is 8.20. The van der Waals surface area contributed by atoms with Crippen LogP contribution < -0.4 is 5.32 Å². The lowest BCUT2D eigenvalue weighted by molar-refractivity contribution is -0.868. The highest BCUT2D eigenvalue weighted by atomic mass is 16.5. The second-order valence-corrected chi connectivity index (χ2v) is 2.81. The average Bonchev–Trinajstić information content (AvgIpc) is 1.80. The number of quaternary nitrogens is 1. The summed E-state index contributed by atoms with van der Waals surface area (Å²) in [5.74, 6) is 0. The Kier molecular flexibility index (Phi) is 3.57. The number of nitrogens with zero attached hydrogens (tertiary/aromatic N) is 1. The summed E-state index contributed by atoms with van der Waals surface area (Å²) in [4.78, 5) is 0. The van der Waals surface area contributed by atoms with Crippen molar-refractivity contribution in [3.05, 3.63) is 17.9 Å². The summed E-state index contributed by atoms with van der Waals surface area (Å²) in [7, 11) is 3.22. The van der Waals surface area contributed by atoms with E-state index in [1.165, 1.54) is 0 Å². The quantitative estimate of drug-likeness (QED) is 0.272. The Hall–Kier alpha value is -0.380. The predicted octanol–water partition coefficient (Wildman–Crippen LogP) is 0.682. The minimum Gasteiger partial charge on any atom is -0.632 e. The molecule has 0 saturated carbocycles. The van der Waals surface area contributed by atoms with Gasteiger partial charge >= 0.3 is 0 Å². The van der Waals surface area contributed by atoms with Gasteiger partial charge in [0, 0.05) is 13.5 Å². The van der Waals surface area contributed by atoms with Crippen molar-refractivity contribution >= 4 is 0 Å². The van der Waals surface area contributed by atoms with Crippen molar-refractivity contribution in [1.29, 1.82) is 0 Å². The summed E-state index contributed by atoms with van der Waals surface area (Å²) < 4.78 is -0.312. The fourth-order valence-electron chi connectivity index (χ4n) is 0.474. The molecule has 0 spiro atoms. The Labute approximate surface area is 62.5 Å². The Bertz CT molecular complexity index is 107. The number of nitrogens with one attached hydrogen (secondary N) is 1. The van der Waals surface area contributed by atoms with Gasteiger partial charge < -0.3 is 9.85 Å². The minimum absolute atomic E-state index is 0.0713. The molecule has 0 aromatic rings. The van der Waals surface area contributed by atoms with Crippen molar-refractivity contribution in [3.8, 4) is 0 Å². The second kappa shape index (κ2) is 3.71. The number of hydrogen-bond donors (Lipinski definition) is 1. The Balaban J connectivity index is 3.61. The zero-order valence-electron chi connectivity index (χ0n) is 6.92. The molecule has 60 valence electrons. The first kappa shape index (κ1) is 9.62. The van der Waals surface area contributed by atoms with Crippen LogP contribution in [0.1, 0.15) is 6.92 Å². The maximum Gasteiger partial charge on any atom is 0.139 e. The lowest BCUT2D eigenvalue weighted by atomic mass is 10.4. The average molecular weight is 144 g/mol. The van der Waals surface area contributed by atoms with E-state index < -0.39 is 0 Å². The van der Waals surface area contributed by atoms with Crippen LogP contribution in [0.5, 0.6) is 0 Å². The van der Waals surface area contributed by atoms with E-state index in [1.807, 2.05) is 6.92 Å². The van der Waals surface area contributed by atoms with E-state index in [9.17, 15) is 5.21 Å². The van der Waals surface area contributed by atoms with Gasteiger partial charge in [-0.2, -0.15) is 0 Å². The third kappa shape index (κ3) is 3.61. The molecule has 3 heteroatoms. The SMILES string of the molecule is C=CCNC(C)[N+](C)(C)[O-]. The number of hydrogen-bond acceptors (Lipinski definition) is 2. The summed E-state index contributed by atoms with van der Waals surface area (Å²) >= 11 is 0. The number of hydroxylamine groups is 3. The smallest absolute Gasteiger partial charge is 0.139 e. The van der Waals surface area contributed by atoms with Crippen LogP contribution in [-0.2, 0) is 0 Å². The topological polar surface area (TPSA) is 35.1 Å². The van der Waals surface area contributed by atoms with Gasteiger partial charge in [-0.05, 0) is 0 Å². The van der Waals surface area contributed by atoms with E-state index >= 15 is 0 Å². The fourth-order valence-corrected chi connectivity index (χ4v) is 0.474. The normalized spacial score (nSPS) is 14.8. The van der Waals surface area contributed by atoms with Crippen LogP contribution in [0.25, 0.3) is 0 Å². The van der Waals surface area contributed by atoms with Crippen molar-refractivity contribution < 1.29 is 4.65 Å². The van der Waals surface area contributed by atoms with E-state index in [1.54, 1.807) is 20.2 Å². The third-order valence-electron chi connectivity index (χ3n) is 1.49. The van der Waals surface area contributed by atoms with Crippen LogP contribution in [0.4, 0.5) is 0 Å². The van der Waals surface area contributed by atoms with Crippen molar-refractivity contribution in [2.45, 2.75) is 13.1 Å². The molecule has 0 fully saturated rings. The van der Waals surface area contributed by atoms with Crippen LogP contribution in [0.2, 0.25) is 0 Å². The van der Waals surface area contributed by atoms with Gasteiger partial charge in [-0.15, -0.1) is 6.58 Å². The Morgan fingerprint density at radius 2 is 2.20 bits per heavy atom. The first-order valence-corrected chi connectivity index (χ1v) is 3.37. The lowest BCUT2D eigenvalue weighted by Gasteiger charge is -2.40. The van der Waals surface area contributed by atoms with Crippen LogP contribution in [0.15, 0.2) is 12.7 Å². The maximum atomic E-state index is 11.2. The van der Waals surface area contributed by atoms with Gasteiger partial charge in [0.15, 0.2) is 0 Å². The fraction of sp³-hybridized carbons (Fsp3) is 0.714. The molecule has 0 saturated heterocycles. The molecule has 0 rings (SSSR count). The summed E-state index contributed by atoms with van der Waals surface area (Å²) in [6.45, 7) is 6.09. The monoisotopic (exact) mass is 144 g/mol. The minimum atomic E-state index is -0.312. The third-order valence-corrected chi connectivity index (χ3v) is 1.49. The first-order valence-electron chi connectivity index (χ1n) is 3.37. The van der Waals surface area contributed by atoms with E-state index in [2.05, 4.69) is 11.9 Å². The Morgan fingerprint density at radius 1 is 1.70 bits per heavy atom. The van der Waals surface area contributed by atoms with E-state index in [0.29, 0.717) is 6.54 Å². The molecule has 1 unspecified atom stereocenters. The molecule has 1 atom stereocenters. The second-order valence-electron chi connectivity index (χ2n) is 2.81. The van der Waals surface area contributed by atoms with Gasteiger partial charge in [-0.3, -0.25) is 5.32 Å². The molecule has 0 aromatic heterocycles. The molecular weight excluding hydrogens is 128 g/mol. The van der Waals surface area contributed by atoms with Gasteiger partial charge in [0.05, 0.1) is 14.1 Å². The standard InChI is InChI=1S/C7H16N2O/c1-5-6-8-7(2)9(3,4)10/h5,7-8H,1,6H2,2-4H3. The highest BCUT2D eigenvalue weighted by Gasteiger charge is 2.11. The van der Waals surface area contributed by atoms with Crippen LogP contribution >= 0.6 is 0 Å². The van der Waals surface area contributed by atoms with Crippen molar-refractivity contribution in [2.24, 2.45) is 0 Å². The van der Waals surface area contributed by atoms with Gasteiger partial charge in [0.25, 0.3) is 0 Å². The Morgan fingerprint density at radius 3 is 2.50 bits per heavy atom. The van der Waals surface area contributed by atoms with Crippen molar-refractivity contribution in [1.82, 2.24) is 5.32 Å². The van der Waals surface area contributed by atoms with Gasteiger partial charge in [0.2, 0.25) is 0 Å². The summed E-state index contributed by atoms with van der Waals surface area (Å²) in [5.41, 5.74) is 0.